The second kappa shape index (κ2) is 5.31. The Morgan fingerprint density at radius 1 is 1.26 bits per heavy atom. The number of aryl methyl sites for hydroxylation is 2. The summed E-state index contributed by atoms with van der Waals surface area (Å²) in [5.74, 6) is 0.958. The van der Waals surface area contributed by atoms with Gasteiger partial charge in [0.05, 0.1) is 12.3 Å². The molecule has 0 saturated heterocycles. The maximum absolute atomic E-state index is 12.0. The van der Waals surface area contributed by atoms with E-state index in [-0.39, 0.29) is 11.9 Å². The van der Waals surface area contributed by atoms with Gasteiger partial charge in [0.2, 0.25) is 5.91 Å². The van der Waals surface area contributed by atoms with E-state index in [1.807, 2.05) is 18.2 Å². The number of carbonyl (C=O) groups is 1. The van der Waals surface area contributed by atoms with E-state index in [1.54, 1.807) is 6.26 Å². The fourth-order valence-electron chi connectivity index (χ4n) is 2.67. The molecule has 1 aromatic heterocycles. The van der Waals surface area contributed by atoms with Gasteiger partial charge in [-0.3, -0.25) is 4.79 Å². The summed E-state index contributed by atoms with van der Waals surface area (Å²) >= 11 is 0. The van der Waals surface area contributed by atoms with Crippen LogP contribution in [0.2, 0.25) is 0 Å². The van der Waals surface area contributed by atoms with Gasteiger partial charge in [0.1, 0.15) is 5.76 Å². The van der Waals surface area contributed by atoms with Crippen molar-refractivity contribution in [1.82, 2.24) is 5.32 Å². The minimum absolute atomic E-state index is 0.0955. The first-order valence-electron chi connectivity index (χ1n) is 6.72. The van der Waals surface area contributed by atoms with Crippen molar-refractivity contribution < 1.29 is 9.21 Å². The third-order valence-corrected chi connectivity index (χ3v) is 3.65. The van der Waals surface area contributed by atoms with Gasteiger partial charge in [-0.25, -0.2) is 0 Å². The van der Waals surface area contributed by atoms with Gasteiger partial charge in [-0.2, -0.15) is 0 Å². The Morgan fingerprint density at radius 3 is 3.00 bits per heavy atom. The van der Waals surface area contributed by atoms with Gasteiger partial charge in [-0.05, 0) is 36.1 Å². The van der Waals surface area contributed by atoms with Crippen LogP contribution in [-0.2, 0) is 17.6 Å². The molecule has 0 spiro atoms. The predicted octanol–water partition coefficient (Wildman–Crippen LogP) is 3.02. The maximum Gasteiger partial charge on any atom is 0.220 e. The standard InChI is InChI=1S/C16H17NO2/c18-16(10-8-13-5-3-11-19-13)17-15-9-7-12-4-1-2-6-14(12)15/h1-6,11,15H,7-10H2,(H,17,18). The summed E-state index contributed by atoms with van der Waals surface area (Å²) in [6.07, 6.45) is 4.84. The van der Waals surface area contributed by atoms with Crippen LogP contribution in [0.15, 0.2) is 47.1 Å². The summed E-state index contributed by atoms with van der Waals surface area (Å²) in [5, 5.41) is 3.12. The normalized spacial score (nSPS) is 17.2. The number of hydrogen-bond donors (Lipinski definition) is 1. The van der Waals surface area contributed by atoms with E-state index in [0.29, 0.717) is 12.8 Å². The lowest BCUT2D eigenvalue weighted by Crippen LogP contribution is -2.27. The Bertz CT molecular complexity index is 560. The number of rotatable bonds is 4. The van der Waals surface area contributed by atoms with E-state index in [2.05, 4.69) is 23.5 Å². The second-order valence-electron chi connectivity index (χ2n) is 4.94. The molecule has 0 bridgehead atoms. The van der Waals surface area contributed by atoms with E-state index in [0.717, 1.165) is 18.6 Å². The molecule has 19 heavy (non-hydrogen) atoms. The number of benzene rings is 1. The van der Waals surface area contributed by atoms with Crippen molar-refractivity contribution in [3.63, 3.8) is 0 Å². The lowest BCUT2D eigenvalue weighted by Gasteiger charge is -2.13. The van der Waals surface area contributed by atoms with Gasteiger partial charge in [0.25, 0.3) is 0 Å². The van der Waals surface area contributed by atoms with Gasteiger partial charge in [-0.1, -0.05) is 24.3 Å². The molecule has 1 heterocycles. The Morgan fingerprint density at radius 2 is 2.16 bits per heavy atom. The number of carbonyl (C=O) groups excluding carboxylic acids is 1. The maximum atomic E-state index is 12.0. The van der Waals surface area contributed by atoms with Crippen molar-refractivity contribution in [3.8, 4) is 0 Å². The predicted molar refractivity (Wildman–Crippen MR) is 72.7 cm³/mol. The number of hydrogen-bond acceptors (Lipinski definition) is 2. The third kappa shape index (κ3) is 2.70. The molecule has 98 valence electrons. The molecular weight excluding hydrogens is 238 g/mol. The molecule has 1 N–H and O–H groups in total. The SMILES string of the molecule is O=C(CCc1ccco1)NC1CCc2ccccc21. The van der Waals surface area contributed by atoms with Crippen molar-refractivity contribution >= 4 is 5.91 Å². The summed E-state index contributed by atoms with van der Waals surface area (Å²) in [5.41, 5.74) is 2.63. The van der Waals surface area contributed by atoms with Crippen LogP contribution in [0.4, 0.5) is 0 Å². The zero-order valence-corrected chi connectivity index (χ0v) is 10.8. The molecule has 0 fully saturated rings. The van der Waals surface area contributed by atoms with Crippen LogP contribution >= 0.6 is 0 Å². The number of furan rings is 1. The topological polar surface area (TPSA) is 42.2 Å². The van der Waals surface area contributed by atoms with Crippen molar-refractivity contribution in [2.45, 2.75) is 31.7 Å². The number of amides is 1. The molecule has 1 atom stereocenters. The van der Waals surface area contributed by atoms with E-state index in [4.69, 9.17) is 4.42 Å². The van der Waals surface area contributed by atoms with Crippen LogP contribution in [0, 0.1) is 0 Å². The monoisotopic (exact) mass is 255 g/mol. The summed E-state index contributed by atoms with van der Waals surface area (Å²) < 4.78 is 5.23. The Labute approximate surface area is 112 Å². The fraction of sp³-hybridized carbons (Fsp3) is 0.312. The van der Waals surface area contributed by atoms with Crippen molar-refractivity contribution in [2.75, 3.05) is 0 Å². The van der Waals surface area contributed by atoms with E-state index < -0.39 is 0 Å². The van der Waals surface area contributed by atoms with Gasteiger partial charge >= 0.3 is 0 Å². The molecule has 0 aliphatic heterocycles. The Kier molecular flexibility index (Phi) is 3.36. The minimum atomic E-state index is 0.0955. The van der Waals surface area contributed by atoms with Crippen LogP contribution in [0.25, 0.3) is 0 Å². The zero-order chi connectivity index (χ0) is 13.1. The lowest BCUT2D eigenvalue weighted by molar-refractivity contribution is -0.121. The average Bonchev–Trinajstić information content (AvgIpc) is 3.07. The van der Waals surface area contributed by atoms with Crippen LogP contribution < -0.4 is 5.32 Å². The smallest absolute Gasteiger partial charge is 0.220 e. The molecule has 1 aromatic carbocycles. The van der Waals surface area contributed by atoms with E-state index >= 15 is 0 Å². The first-order chi connectivity index (χ1) is 9.33. The quantitative estimate of drug-likeness (QED) is 0.912. The highest BCUT2D eigenvalue weighted by molar-refractivity contribution is 5.76. The van der Waals surface area contributed by atoms with Gasteiger partial charge in [-0.15, -0.1) is 0 Å². The molecule has 3 heteroatoms. The summed E-state index contributed by atoms with van der Waals surface area (Å²) in [4.78, 5) is 12.0. The molecule has 1 unspecified atom stereocenters. The highest BCUT2D eigenvalue weighted by Crippen LogP contribution is 2.30. The number of fused-ring (bicyclic) bond motifs is 1. The molecule has 3 nitrogen and oxygen atoms in total. The van der Waals surface area contributed by atoms with Gasteiger partial charge in [0.15, 0.2) is 0 Å². The zero-order valence-electron chi connectivity index (χ0n) is 10.8. The van der Waals surface area contributed by atoms with Crippen molar-refractivity contribution in [1.29, 1.82) is 0 Å². The lowest BCUT2D eigenvalue weighted by atomic mass is 10.1. The molecular formula is C16H17NO2. The second-order valence-corrected chi connectivity index (χ2v) is 4.94. The average molecular weight is 255 g/mol. The molecule has 1 aliphatic carbocycles. The van der Waals surface area contributed by atoms with Crippen LogP contribution in [0.3, 0.4) is 0 Å². The highest BCUT2D eigenvalue weighted by Gasteiger charge is 2.23. The fourth-order valence-corrected chi connectivity index (χ4v) is 2.67. The summed E-state index contributed by atoms with van der Waals surface area (Å²) in [6, 6.07) is 12.3. The Balaban J connectivity index is 1.56. The van der Waals surface area contributed by atoms with Crippen molar-refractivity contribution in [3.05, 3.63) is 59.5 Å². The molecule has 0 radical (unpaired) electrons. The van der Waals surface area contributed by atoms with Crippen molar-refractivity contribution in [2.24, 2.45) is 0 Å². The van der Waals surface area contributed by atoms with Crippen LogP contribution in [0.5, 0.6) is 0 Å². The van der Waals surface area contributed by atoms with E-state index in [9.17, 15) is 4.79 Å². The molecule has 3 rings (SSSR count). The minimum Gasteiger partial charge on any atom is -0.469 e. The molecule has 2 aromatic rings. The van der Waals surface area contributed by atoms with E-state index in [1.165, 1.54) is 11.1 Å². The van der Waals surface area contributed by atoms with Gasteiger partial charge < -0.3 is 9.73 Å². The molecule has 0 saturated carbocycles. The first-order valence-corrected chi connectivity index (χ1v) is 6.72. The first kappa shape index (κ1) is 12.0. The van der Waals surface area contributed by atoms with Gasteiger partial charge in [0, 0.05) is 12.8 Å². The summed E-state index contributed by atoms with van der Waals surface area (Å²) in [7, 11) is 0. The highest BCUT2D eigenvalue weighted by atomic mass is 16.3. The molecule has 1 amide bonds. The van der Waals surface area contributed by atoms with Crippen LogP contribution in [0.1, 0.15) is 35.8 Å². The summed E-state index contributed by atoms with van der Waals surface area (Å²) in [6.45, 7) is 0. The number of nitrogens with one attached hydrogen (secondary N) is 1. The largest absolute Gasteiger partial charge is 0.469 e. The molecule has 1 aliphatic rings. The Hall–Kier alpha value is -2.03. The third-order valence-electron chi connectivity index (χ3n) is 3.65. The van der Waals surface area contributed by atoms with Crippen LogP contribution in [-0.4, -0.2) is 5.91 Å².